The third kappa shape index (κ3) is 4.99. The topological polar surface area (TPSA) is 97.5 Å². The molecule has 2 N–H and O–H groups in total. The van der Waals surface area contributed by atoms with Gasteiger partial charge in [-0.25, -0.2) is 13.6 Å². The van der Waals surface area contributed by atoms with Crippen LogP contribution in [0.4, 0.5) is 4.39 Å². The summed E-state index contributed by atoms with van der Waals surface area (Å²) >= 11 is 0. The highest BCUT2D eigenvalue weighted by Crippen LogP contribution is 2.58. The molecule has 0 amide bonds. The third-order valence-corrected chi connectivity index (χ3v) is 7.16. The number of nitrogens with zero attached hydrogens (tertiary/aromatic N) is 3. The van der Waals surface area contributed by atoms with Crippen LogP contribution in [-0.4, -0.2) is 24.6 Å². The van der Waals surface area contributed by atoms with Crippen LogP contribution in [0.15, 0.2) is 60.9 Å². The van der Waals surface area contributed by atoms with E-state index in [2.05, 4.69) is 4.98 Å². The van der Waals surface area contributed by atoms with Crippen molar-refractivity contribution in [2.24, 2.45) is 10.8 Å². The first-order chi connectivity index (χ1) is 17.0. The molecule has 9 heteroatoms. The lowest BCUT2D eigenvalue weighted by Crippen LogP contribution is -2.56. The Bertz CT molecular complexity index is 1500. The molecule has 0 aliphatic heterocycles. The largest absolute Gasteiger partial charge is 0.471 e. The number of aryl methyl sites for hydroxylation is 1. The van der Waals surface area contributed by atoms with Gasteiger partial charge in [-0.15, -0.1) is 0 Å². The van der Waals surface area contributed by atoms with Crippen LogP contribution in [0.5, 0.6) is 0 Å². The number of halogens is 1. The number of phosphoric acid groups is 1. The van der Waals surface area contributed by atoms with Crippen molar-refractivity contribution >= 4 is 18.7 Å². The third-order valence-electron chi connectivity index (χ3n) is 6.66. The number of fused-ring (bicyclic) bond motifs is 1. The summed E-state index contributed by atoms with van der Waals surface area (Å²) in [5.74, 6) is -0.270. The Balaban J connectivity index is 1.90. The van der Waals surface area contributed by atoms with Crippen molar-refractivity contribution < 1.29 is 23.3 Å². The number of benzene rings is 2. The van der Waals surface area contributed by atoms with Crippen molar-refractivity contribution in [1.29, 1.82) is 0 Å². The Hall–Kier alpha value is -2.90. The molecule has 0 fully saturated rings. The first kappa shape index (κ1) is 27.1. The number of rotatable bonds is 5. The standard InChI is InChI=1S/C28H33FN3O4P/c1-18-15-20(10-12-23(18)29)25-22(9-8-14-30-25)19-11-13-24-21(16-19)17-32(31-24)28(26(2,3)4,27(5,6)7)36-37(33,34)35/h8-17H,1-7H3,(H2,33,34,35). The number of phosphoric ester groups is 1. The normalized spacial score (nSPS) is 13.4. The van der Waals surface area contributed by atoms with Crippen LogP contribution >= 0.6 is 7.82 Å². The Kier molecular flexibility index (Phi) is 6.70. The van der Waals surface area contributed by atoms with E-state index in [9.17, 15) is 18.7 Å². The highest BCUT2D eigenvalue weighted by atomic mass is 31.2. The molecule has 4 rings (SSSR count). The molecule has 0 aliphatic rings. The smallest absolute Gasteiger partial charge is 0.303 e. The quantitative estimate of drug-likeness (QED) is 0.271. The van der Waals surface area contributed by atoms with Crippen LogP contribution in [0.25, 0.3) is 33.3 Å². The van der Waals surface area contributed by atoms with E-state index in [-0.39, 0.29) is 5.82 Å². The summed E-state index contributed by atoms with van der Waals surface area (Å²) in [7, 11) is -4.89. The van der Waals surface area contributed by atoms with E-state index in [0.29, 0.717) is 11.1 Å². The second-order valence-corrected chi connectivity index (χ2v) is 12.6. The van der Waals surface area contributed by atoms with Gasteiger partial charge in [0, 0.05) is 39.7 Å². The van der Waals surface area contributed by atoms with E-state index in [1.54, 1.807) is 36.1 Å². The summed E-state index contributed by atoms with van der Waals surface area (Å²) in [6, 6.07) is 14.5. The van der Waals surface area contributed by atoms with Gasteiger partial charge < -0.3 is 9.79 Å². The molecule has 0 bridgehead atoms. The van der Waals surface area contributed by atoms with Crippen LogP contribution in [0.1, 0.15) is 47.1 Å². The summed E-state index contributed by atoms with van der Waals surface area (Å²) in [5, 5.41) is 5.50. The van der Waals surface area contributed by atoms with E-state index < -0.39 is 24.4 Å². The zero-order chi connectivity index (χ0) is 27.4. The van der Waals surface area contributed by atoms with Gasteiger partial charge >= 0.3 is 7.82 Å². The molecule has 2 heterocycles. The van der Waals surface area contributed by atoms with E-state index in [0.717, 1.165) is 27.8 Å². The van der Waals surface area contributed by atoms with Crippen molar-refractivity contribution in [3.05, 3.63) is 72.3 Å². The molecule has 0 radical (unpaired) electrons. The van der Waals surface area contributed by atoms with Crippen LogP contribution in [0.3, 0.4) is 0 Å². The predicted octanol–water partition coefficient (Wildman–Crippen LogP) is 7.07. The van der Waals surface area contributed by atoms with Gasteiger partial charge in [0.2, 0.25) is 0 Å². The summed E-state index contributed by atoms with van der Waals surface area (Å²) in [5.41, 5.74) is 1.51. The van der Waals surface area contributed by atoms with E-state index in [4.69, 9.17) is 9.62 Å². The number of hydrogen-bond donors (Lipinski definition) is 2. The maximum Gasteiger partial charge on any atom is 0.471 e. The lowest BCUT2D eigenvalue weighted by Gasteiger charge is -2.52. The predicted molar refractivity (Wildman–Crippen MR) is 143 cm³/mol. The zero-order valence-corrected chi connectivity index (χ0v) is 23.0. The first-order valence-corrected chi connectivity index (χ1v) is 13.5. The molecule has 0 saturated carbocycles. The molecule has 7 nitrogen and oxygen atoms in total. The average Bonchev–Trinajstić information content (AvgIpc) is 3.20. The summed E-state index contributed by atoms with van der Waals surface area (Å²) in [6.45, 7) is 13.0. The minimum absolute atomic E-state index is 0.270. The fraction of sp³-hybridized carbons (Fsp3) is 0.357. The van der Waals surface area contributed by atoms with Gasteiger partial charge in [0.05, 0.1) is 11.2 Å². The van der Waals surface area contributed by atoms with E-state index in [1.165, 1.54) is 6.07 Å². The molecule has 2 aromatic carbocycles. The van der Waals surface area contributed by atoms with Gasteiger partial charge in [0.1, 0.15) is 5.82 Å². The maximum atomic E-state index is 13.9. The second-order valence-electron chi connectivity index (χ2n) is 11.4. The maximum absolute atomic E-state index is 13.9. The SMILES string of the molecule is Cc1cc(-c2ncccc2-c2ccc3nn(C(OP(=O)(O)O)(C(C)(C)C)C(C)(C)C)cc3c2)ccc1F. The van der Waals surface area contributed by atoms with Crippen LogP contribution in [0.2, 0.25) is 0 Å². The number of pyridine rings is 1. The summed E-state index contributed by atoms with van der Waals surface area (Å²) in [4.78, 5) is 24.4. The second kappa shape index (κ2) is 9.14. The molecule has 0 saturated heterocycles. The van der Waals surface area contributed by atoms with Gasteiger partial charge in [-0.05, 0) is 54.4 Å². The van der Waals surface area contributed by atoms with Gasteiger partial charge in [0.15, 0.2) is 5.72 Å². The average molecular weight is 526 g/mol. The lowest BCUT2D eigenvalue weighted by atomic mass is 9.68. The highest BCUT2D eigenvalue weighted by Gasteiger charge is 2.57. The Morgan fingerprint density at radius 3 is 2.19 bits per heavy atom. The monoisotopic (exact) mass is 525 g/mol. The molecule has 0 aliphatic carbocycles. The van der Waals surface area contributed by atoms with Gasteiger partial charge in [-0.1, -0.05) is 53.7 Å². The number of aromatic nitrogens is 3. The highest BCUT2D eigenvalue weighted by molar-refractivity contribution is 7.46. The van der Waals surface area contributed by atoms with E-state index >= 15 is 0 Å². The van der Waals surface area contributed by atoms with Gasteiger partial charge in [0.25, 0.3) is 0 Å². The van der Waals surface area contributed by atoms with Gasteiger partial charge in [-0.3, -0.25) is 9.51 Å². The molecule has 196 valence electrons. The zero-order valence-electron chi connectivity index (χ0n) is 22.2. The van der Waals surface area contributed by atoms with Crippen LogP contribution in [0, 0.1) is 23.6 Å². The molecular formula is C28H33FN3O4P. The van der Waals surface area contributed by atoms with Crippen molar-refractivity contribution in [2.45, 2.75) is 54.2 Å². The summed E-state index contributed by atoms with van der Waals surface area (Å²) in [6.07, 6.45) is 3.47. The van der Waals surface area contributed by atoms with Crippen LogP contribution < -0.4 is 0 Å². The fourth-order valence-corrected chi connectivity index (χ4v) is 6.29. The Morgan fingerprint density at radius 1 is 0.946 bits per heavy atom. The molecular weight excluding hydrogens is 492 g/mol. The molecule has 37 heavy (non-hydrogen) atoms. The van der Waals surface area contributed by atoms with Crippen molar-refractivity contribution in [1.82, 2.24) is 14.8 Å². The minimum atomic E-state index is -4.89. The summed E-state index contributed by atoms with van der Waals surface area (Å²) < 4.78 is 33.2. The fourth-order valence-electron chi connectivity index (χ4n) is 5.31. The van der Waals surface area contributed by atoms with E-state index in [1.807, 2.05) is 71.9 Å². The molecule has 2 aromatic heterocycles. The van der Waals surface area contributed by atoms with Gasteiger partial charge in [-0.2, -0.15) is 5.10 Å². The Morgan fingerprint density at radius 2 is 1.59 bits per heavy atom. The number of hydrogen-bond acceptors (Lipinski definition) is 4. The molecule has 0 spiro atoms. The van der Waals surface area contributed by atoms with Crippen molar-refractivity contribution in [3.63, 3.8) is 0 Å². The Labute approximate surface area is 216 Å². The molecule has 0 atom stereocenters. The first-order valence-electron chi connectivity index (χ1n) is 12.0. The minimum Gasteiger partial charge on any atom is -0.303 e. The van der Waals surface area contributed by atoms with Crippen molar-refractivity contribution in [3.8, 4) is 22.4 Å². The molecule has 4 aromatic rings. The van der Waals surface area contributed by atoms with Crippen LogP contribution in [-0.2, 0) is 14.8 Å². The molecule has 0 unspecified atom stereocenters. The lowest BCUT2D eigenvalue weighted by molar-refractivity contribution is -0.198. The van der Waals surface area contributed by atoms with Crippen molar-refractivity contribution in [2.75, 3.05) is 0 Å².